The number of halogens is 1. The summed E-state index contributed by atoms with van der Waals surface area (Å²) in [5.41, 5.74) is 34.4. The lowest BCUT2D eigenvalue weighted by Crippen LogP contribution is -2.46. The first-order valence-electron chi connectivity index (χ1n) is 43.0. The summed E-state index contributed by atoms with van der Waals surface area (Å²) in [6.07, 6.45) is 46.7. The summed E-state index contributed by atoms with van der Waals surface area (Å²) >= 11 is 3.53. The van der Waals surface area contributed by atoms with Gasteiger partial charge in [0.15, 0.2) is 24.9 Å². The minimum Gasteiger partial charge on any atom is -0.390 e. The summed E-state index contributed by atoms with van der Waals surface area (Å²) in [7, 11) is 0. The van der Waals surface area contributed by atoms with Crippen molar-refractivity contribution in [2.24, 2.45) is 70.3 Å². The van der Waals surface area contributed by atoms with Gasteiger partial charge in [-0.3, -0.25) is 0 Å². The van der Waals surface area contributed by atoms with Crippen LogP contribution in [0.2, 0.25) is 0 Å². The molecule has 0 amide bonds. The maximum atomic E-state index is 10.7. The van der Waals surface area contributed by atoms with E-state index in [0.29, 0.717) is 89.6 Å². The molecule has 23 atom stereocenters. The van der Waals surface area contributed by atoms with Crippen LogP contribution in [-0.2, 0) is 33.2 Å². The molecular formula is C89H147BrN18O15P6. The third-order valence-electron chi connectivity index (χ3n) is 23.9. The minimum atomic E-state index is -1.19. The summed E-state index contributed by atoms with van der Waals surface area (Å²) in [5, 5.41) is 83.0. The molecule has 7 saturated heterocycles. The molecular weight excluding hydrogens is 1830 g/mol. The summed E-state index contributed by atoms with van der Waals surface area (Å²) in [5.74, 6) is 5.34. The molecule has 4 bridgehead atoms. The van der Waals surface area contributed by atoms with Crippen molar-refractivity contribution in [1.29, 1.82) is 0 Å². The fraction of sp³-hybridized carbons (Fsp3) is 0.573. The maximum Gasteiger partial charge on any atom is 0.165 e. The van der Waals surface area contributed by atoms with Gasteiger partial charge in [-0.1, -0.05) is 68.4 Å². The highest BCUT2D eigenvalue weighted by molar-refractivity contribution is 9.09. The molecule has 129 heavy (non-hydrogen) atoms. The molecule has 14 rings (SSSR count). The number of alkyl halides is 1. The van der Waals surface area contributed by atoms with Crippen molar-refractivity contribution in [2.45, 2.75) is 185 Å². The Balaban J connectivity index is 0.000000175. The Bertz CT molecular complexity index is 4710. The predicted molar refractivity (Wildman–Crippen MR) is 550 cm³/mol. The normalized spacial score (nSPS) is 34.2. The van der Waals surface area contributed by atoms with Crippen molar-refractivity contribution in [3.8, 4) is 0 Å². The first kappa shape index (κ1) is 107. The minimum absolute atomic E-state index is 0.0165. The highest BCUT2D eigenvalue weighted by Crippen LogP contribution is 2.52. The van der Waals surface area contributed by atoms with Crippen LogP contribution in [0.4, 0.5) is 0 Å². The van der Waals surface area contributed by atoms with Gasteiger partial charge in [-0.2, -0.15) is 0 Å². The molecule has 13 aliphatic heterocycles. The Labute approximate surface area is 773 Å². The number of aliphatic hydroxyl groups is 8. The number of hydrogen-bond acceptors (Lipinski definition) is 33. The SMILES string of the molecule is C=C1N=C(N)C(C)=CN1C1O[C@@]2(CCP(=C)(C)C)CO[C@@H]1[C@@H]2O.C=C1N=C(N)C=CN1C1C=C(CCP(=C)(C)C)[C@@H](O)[C@H]1O.C=C1N=C(N)C=CN1C1O[C@@]2(CCP(=C)(C)C)CO[C@@H]1[C@@H]2O.C=C1N=C(N)C=CN1C1O[C@H](CCP(=C)(C)C)[C@@H](O)[C@H]1Br.C=C1N=C(N)C=CN1C1O[C@H](CCP(=C)(C)C)[C@@H](O)[C@H]1C.C=C1N=C(N)C=CN1C1O[C@H](CCP(=C)(C)C)[C@@H](O)[C@H]1O. The summed E-state index contributed by atoms with van der Waals surface area (Å²) in [6.45, 7) is 47.1. The van der Waals surface area contributed by atoms with E-state index in [0.717, 1.165) is 80.2 Å². The van der Waals surface area contributed by atoms with E-state index in [1.54, 1.807) is 74.8 Å². The molecule has 0 aromatic carbocycles. The molecule has 0 aromatic rings. The third-order valence-corrected chi connectivity index (χ3v) is 33.6. The Morgan fingerprint density at radius 1 is 0.411 bits per heavy atom. The van der Waals surface area contributed by atoms with Crippen molar-refractivity contribution < 1.29 is 74.0 Å². The van der Waals surface area contributed by atoms with E-state index >= 15 is 0 Å². The zero-order chi connectivity index (χ0) is 96.2. The van der Waals surface area contributed by atoms with E-state index in [1.807, 2.05) is 42.1 Å². The van der Waals surface area contributed by atoms with Crippen molar-refractivity contribution in [2.75, 3.05) is 130 Å². The van der Waals surface area contributed by atoms with Crippen molar-refractivity contribution >= 4 is 130 Å². The number of nitrogens with two attached hydrogens (primary N) is 6. The van der Waals surface area contributed by atoms with Crippen molar-refractivity contribution in [3.63, 3.8) is 0 Å². The van der Waals surface area contributed by atoms with Gasteiger partial charge in [-0.05, 0) is 198 Å². The van der Waals surface area contributed by atoms with Gasteiger partial charge in [0.25, 0.3) is 0 Å². The molecule has 13 heterocycles. The van der Waals surface area contributed by atoms with Crippen LogP contribution in [0.15, 0.2) is 189 Å². The van der Waals surface area contributed by atoms with Crippen LogP contribution in [0, 0.1) is 5.92 Å². The number of aliphatic imine (C=N–C) groups is 6. The van der Waals surface area contributed by atoms with Crippen LogP contribution >= 0.6 is 57.2 Å². The lowest BCUT2D eigenvalue weighted by atomic mass is 9.96. The maximum absolute atomic E-state index is 10.7. The third kappa shape index (κ3) is 27.8. The Morgan fingerprint density at radius 3 is 1.12 bits per heavy atom. The lowest BCUT2D eigenvalue weighted by Gasteiger charge is -2.37. The highest BCUT2D eigenvalue weighted by atomic mass is 79.9. The van der Waals surface area contributed by atoms with Gasteiger partial charge >= 0.3 is 0 Å². The first-order chi connectivity index (χ1) is 59.6. The van der Waals surface area contributed by atoms with Gasteiger partial charge in [-0.15, -0.1) is 79.1 Å². The molecule has 0 spiro atoms. The van der Waals surface area contributed by atoms with E-state index in [1.165, 1.54) is 0 Å². The number of fused-ring (bicyclic) bond motifs is 4. The highest BCUT2D eigenvalue weighted by Gasteiger charge is 2.64. The summed E-state index contributed by atoms with van der Waals surface area (Å²) in [4.78, 5) is 35.1. The van der Waals surface area contributed by atoms with E-state index in [-0.39, 0.29) is 41.5 Å². The second-order valence-corrected chi connectivity index (χ2v) is 66.3. The molecule has 7 fully saturated rings. The van der Waals surface area contributed by atoms with Crippen LogP contribution in [-0.4, -0.2) is 406 Å². The average molecular weight is 1980 g/mol. The molecule has 0 radical (unpaired) electrons. The van der Waals surface area contributed by atoms with Gasteiger partial charge in [0.2, 0.25) is 0 Å². The molecule has 720 valence electrons. The Morgan fingerprint density at radius 2 is 0.736 bits per heavy atom. The van der Waals surface area contributed by atoms with Crippen LogP contribution in [0.3, 0.4) is 0 Å². The van der Waals surface area contributed by atoms with Gasteiger partial charge in [0.1, 0.15) is 136 Å². The van der Waals surface area contributed by atoms with E-state index < -0.39 is 138 Å². The number of amidine groups is 6. The van der Waals surface area contributed by atoms with E-state index in [9.17, 15) is 40.9 Å². The number of hydrogen-bond donors (Lipinski definition) is 14. The monoisotopic (exact) mass is 1970 g/mol. The molecule has 33 nitrogen and oxygen atoms in total. The molecule has 14 aliphatic rings. The fourth-order valence-corrected chi connectivity index (χ4v) is 22.6. The van der Waals surface area contributed by atoms with Crippen LogP contribution < -0.4 is 34.4 Å². The van der Waals surface area contributed by atoms with Crippen LogP contribution in [0.5, 0.6) is 0 Å². The molecule has 20 N–H and O–H groups in total. The number of rotatable bonds is 24. The lowest BCUT2D eigenvalue weighted by molar-refractivity contribution is -0.181. The zero-order valence-corrected chi connectivity index (χ0v) is 84.7. The fourth-order valence-electron chi connectivity index (χ4n) is 16.2. The van der Waals surface area contributed by atoms with Crippen molar-refractivity contribution in [3.05, 3.63) is 159 Å². The Kier molecular flexibility index (Phi) is 35.4. The largest absolute Gasteiger partial charge is 0.390 e. The first-order valence-corrected chi connectivity index (χ1v) is 62.2. The molecule has 0 aromatic heterocycles. The molecule has 1 aliphatic carbocycles. The second-order valence-electron chi connectivity index (χ2n) is 39.3. The standard InChI is InChI=1S/C16H26N3O3P.C15H24N3O3P.C15H26N3O2P.C15H24N3O2P.C14H23BrN3O2P.C14H24N3O3P/c1-10-8-19(11(2)18-14(10)17)15-12-13(20)16(22-15,9-21-12)6-7-23(3,4)5;1-10-17-11(16)5-7-18(10)14-12-13(19)15(21-14,9-20-12)6-8-22(2,3)4;1-10-14(19)12(7-9-21(3,4)5)20-15(10)18-8-6-13(16)17-11(18)2;1-10-17-13(16)5-7-18(10)12-9-11(14(19)15(12)20)6-8-21(2,3)4;1-9-17-11(16)5-7-18(9)14-12(15)13(19)10(20-14)6-8-21(2,3)4;1-9-16-11(15)5-7-17(9)14-13(19)12(18)10(20-14)6-8-21(2,3)4/h8,12-13,15,20H,2-3,6-7,9H2,1,4-5H3,(H2,17,18);5,7,12-14,19H,1-2,6,8-9H2,3-4H3,(H2,16,17);6,8,10,12,14-15,19H,2-3,7,9H2,1,4-5H3,(H2,16,17);5,7,9,12,14-15,19-20H,1-2,6,8H2,3-4H3,(H2,16,17);5,7,10,12-14,19H,1-2,6,8H2,3-4H3,(H2,16,17);5,7,10,12-14,18-19H,1-2,6,8H2,3-4H3,(H2,15,16)/t12-,13+,15?,16+;12-,13+,14?,15+;10-,12-,14+,15?;12?,14-,15+;2*10-,12-,13-,14?/m111111/s1. The van der Waals surface area contributed by atoms with Gasteiger partial charge in [0, 0.05) is 48.7 Å². The molecule has 6 unspecified atom stereocenters. The Hall–Kier alpha value is -6.08. The zero-order valence-electron chi connectivity index (χ0n) is 77.8. The summed E-state index contributed by atoms with van der Waals surface area (Å²) in [6, 6.07) is -0.359. The molecule has 0 saturated carbocycles. The topological polar surface area (TPSA) is 476 Å². The number of ether oxygens (including phenoxy) is 7. The second kappa shape index (κ2) is 42.9. The number of aliphatic hydroxyl groups excluding tert-OH is 8. The smallest absolute Gasteiger partial charge is 0.165 e. The van der Waals surface area contributed by atoms with Crippen LogP contribution in [0.25, 0.3) is 0 Å². The van der Waals surface area contributed by atoms with E-state index in [4.69, 9.17) is 67.6 Å². The average Bonchev–Trinajstić information content (AvgIpc) is 1.58. The predicted octanol–water partition coefficient (Wildman–Crippen LogP) is 5.61. The van der Waals surface area contributed by atoms with Gasteiger partial charge < -0.3 is 138 Å². The van der Waals surface area contributed by atoms with E-state index in [2.05, 4.69) is 203 Å². The molecule has 40 heteroatoms. The number of nitrogens with zero attached hydrogens (tertiary/aromatic N) is 12. The van der Waals surface area contributed by atoms with Crippen LogP contribution in [0.1, 0.15) is 52.4 Å². The quantitative estimate of drug-likeness (QED) is 0.0317. The van der Waals surface area contributed by atoms with Gasteiger partial charge in [0.05, 0.1) is 54.6 Å². The van der Waals surface area contributed by atoms with Gasteiger partial charge in [-0.25, -0.2) is 30.0 Å². The van der Waals surface area contributed by atoms with Crippen molar-refractivity contribution in [1.82, 2.24) is 29.4 Å². The summed E-state index contributed by atoms with van der Waals surface area (Å²) < 4.78 is 42.0.